The number of benzene rings is 1. The van der Waals surface area contributed by atoms with Crippen LogP contribution in [0.3, 0.4) is 0 Å². The van der Waals surface area contributed by atoms with Crippen molar-refractivity contribution in [3.63, 3.8) is 0 Å². The number of rotatable bonds is 8. The third kappa shape index (κ3) is 4.40. The van der Waals surface area contributed by atoms with Gasteiger partial charge in [0, 0.05) is 18.7 Å². The number of carbonyl (C=O) groups excluding carboxylic acids is 1. The van der Waals surface area contributed by atoms with Crippen LogP contribution in [-0.4, -0.2) is 38.9 Å². The molecule has 8 heteroatoms. The number of likely N-dealkylation sites (N-methyl/N-ethyl adjacent to an activating group) is 1. The van der Waals surface area contributed by atoms with Crippen molar-refractivity contribution in [2.24, 2.45) is 0 Å². The summed E-state index contributed by atoms with van der Waals surface area (Å²) in [6.07, 6.45) is 2.50. The topological polar surface area (TPSA) is 91.7 Å². The fraction of sp³-hybridized carbons (Fsp3) is 0.421. The zero-order valence-electron chi connectivity index (χ0n) is 15.6. The van der Waals surface area contributed by atoms with Crippen molar-refractivity contribution < 1.29 is 17.6 Å². The normalized spacial score (nSPS) is 15.4. The van der Waals surface area contributed by atoms with Gasteiger partial charge in [-0.1, -0.05) is 13.8 Å². The lowest BCUT2D eigenvalue weighted by Crippen LogP contribution is -2.38. The molecule has 146 valence electrons. The van der Waals surface area contributed by atoms with E-state index in [2.05, 4.69) is 14.9 Å². The highest BCUT2D eigenvalue weighted by atomic mass is 32.2. The molecule has 1 aliphatic heterocycles. The Balaban J connectivity index is 1.78. The average molecular weight is 391 g/mol. The second-order valence-corrected chi connectivity index (χ2v) is 8.24. The molecule has 0 aliphatic carbocycles. The maximum atomic E-state index is 12.8. The molecule has 2 heterocycles. The van der Waals surface area contributed by atoms with E-state index in [4.69, 9.17) is 4.42 Å². The minimum atomic E-state index is -3.67. The fourth-order valence-electron chi connectivity index (χ4n) is 3.35. The van der Waals surface area contributed by atoms with Gasteiger partial charge in [-0.25, -0.2) is 13.1 Å². The van der Waals surface area contributed by atoms with Gasteiger partial charge >= 0.3 is 0 Å². The first-order valence-corrected chi connectivity index (χ1v) is 10.6. The van der Waals surface area contributed by atoms with Crippen molar-refractivity contribution >= 4 is 21.6 Å². The molecule has 1 atom stereocenters. The van der Waals surface area contributed by atoms with E-state index in [0.29, 0.717) is 18.5 Å². The predicted octanol–water partition coefficient (Wildman–Crippen LogP) is 2.53. The van der Waals surface area contributed by atoms with Crippen molar-refractivity contribution in [2.45, 2.75) is 37.6 Å². The van der Waals surface area contributed by atoms with Crippen molar-refractivity contribution in [1.82, 2.24) is 9.62 Å². The first-order chi connectivity index (χ1) is 12.9. The Labute approximate surface area is 159 Å². The van der Waals surface area contributed by atoms with E-state index in [1.165, 1.54) is 6.07 Å². The van der Waals surface area contributed by atoms with Crippen molar-refractivity contribution in [3.05, 3.63) is 47.9 Å². The summed E-state index contributed by atoms with van der Waals surface area (Å²) >= 11 is 0. The number of carbonyl (C=O) groups is 1. The standard InChI is InChI=1S/C19H25N3O4S/c1-3-22(4-2)17(18-6-5-11-26-18)13-20-27(24,25)15-8-9-16-14(12-15)7-10-19(23)21-16/h5-6,8-9,11-12,17,20H,3-4,7,10,13H2,1-2H3,(H,21,23). The van der Waals surface area contributed by atoms with Gasteiger partial charge in [0.2, 0.25) is 15.9 Å². The Morgan fingerprint density at radius 1 is 1.22 bits per heavy atom. The molecule has 0 saturated carbocycles. The highest BCUT2D eigenvalue weighted by molar-refractivity contribution is 7.89. The molecule has 3 rings (SSSR count). The minimum absolute atomic E-state index is 0.0447. The lowest BCUT2D eigenvalue weighted by molar-refractivity contribution is -0.116. The third-order valence-electron chi connectivity index (χ3n) is 4.87. The van der Waals surface area contributed by atoms with E-state index in [1.807, 2.05) is 19.9 Å². The Morgan fingerprint density at radius 3 is 2.67 bits per heavy atom. The summed E-state index contributed by atoms with van der Waals surface area (Å²) in [5.74, 6) is 0.686. The van der Waals surface area contributed by atoms with Crippen LogP contribution in [0.25, 0.3) is 0 Å². The molecule has 7 nitrogen and oxygen atoms in total. The van der Waals surface area contributed by atoms with E-state index < -0.39 is 10.0 Å². The summed E-state index contributed by atoms with van der Waals surface area (Å²) in [7, 11) is -3.67. The van der Waals surface area contributed by atoms with Gasteiger partial charge in [-0.15, -0.1) is 0 Å². The van der Waals surface area contributed by atoms with Gasteiger partial charge in [-0.05, 0) is 55.4 Å². The van der Waals surface area contributed by atoms with Gasteiger partial charge in [0.25, 0.3) is 0 Å². The molecule has 1 aromatic carbocycles. The summed E-state index contributed by atoms with van der Waals surface area (Å²) in [4.78, 5) is 13.8. The fourth-order valence-corrected chi connectivity index (χ4v) is 4.44. The molecule has 1 aromatic heterocycles. The lowest BCUT2D eigenvalue weighted by atomic mass is 10.0. The molecule has 2 N–H and O–H groups in total. The summed E-state index contributed by atoms with van der Waals surface area (Å²) in [5.41, 5.74) is 1.52. The number of fused-ring (bicyclic) bond motifs is 1. The summed E-state index contributed by atoms with van der Waals surface area (Å²) in [5, 5.41) is 2.76. The largest absolute Gasteiger partial charge is 0.468 e. The maximum Gasteiger partial charge on any atom is 0.240 e. The van der Waals surface area contributed by atoms with Crippen LogP contribution >= 0.6 is 0 Å². The van der Waals surface area contributed by atoms with Crippen LogP contribution < -0.4 is 10.0 Å². The molecule has 1 aliphatic rings. The SMILES string of the molecule is CCN(CC)C(CNS(=O)(=O)c1ccc2c(c1)CCC(=O)N2)c1ccco1. The molecule has 2 aromatic rings. The van der Waals surface area contributed by atoms with Gasteiger partial charge in [0.05, 0.1) is 17.2 Å². The number of nitrogens with one attached hydrogen (secondary N) is 2. The summed E-state index contributed by atoms with van der Waals surface area (Å²) in [6, 6.07) is 8.29. The van der Waals surface area contributed by atoms with Gasteiger partial charge < -0.3 is 9.73 Å². The smallest absolute Gasteiger partial charge is 0.240 e. The minimum Gasteiger partial charge on any atom is -0.468 e. The lowest BCUT2D eigenvalue weighted by Gasteiger charge is -2.28. The number of aryl methyl sites for hydroxylation is 1. The zero-order chi connectivity index (χ0) is 19.4. The molecular weight excluding hydrogens is 366 g/mol. The third-order valence-corrected chi connectivity index (χ3v) is 6.30. The number of furan rings is 1. The van der Waals surface area contributed by atoms with Crippen LogP contribution in [0.2, 0.25) is 0 Å². The maximum absolute atomic E-state index is 12.8. The van der Waals surface area contributed by atoms with Crippen LogP contribution in [0, 0.1) is 0 Å². The zero-order valence-corrected chi connectivity index (χ0v) is 16.4. The molecule has 0 radical (unpaired) electrons. The molecule has 0 bridgehead atoms. The number of anilines is 1. The number of nitrogens with zero attached hydrogens (tertiary/aromatic N) is 1. The van der Waals surface area contributed by atoms with E-state index in [1.54, 1.807) is 24.5 Å². The van der Waals surface area contributed by atoms with E-state index in [0.717, 1.165) is 24.4 Å². The molecule has 0 saturated heterocycles. The summed E-state index contributed by atoms with van der Waals surface area (Å²) < 4.78 is 33.8. The highest BCUT2D eigenvalue weighted by Gasteiger charge is 2.25. The molecule has 1 amide bonds. The Kier molecular flexibility index (Phi) is 5.98. The van der Waals surface area contributed by atoms with E-state index in [9.17, 15) is 13.2 Å². The number of hydrogen-bond donors (Lipinski definition) is 2. The molecule has 27 heavy (non-hydrogen) atoms. The Hall–Kier alpha value is -2.16. The van der Waals surface area contributed by atoms with Crippen LogP contribution in [0.15, 0.2) is 45.9 Å². The van der Waals surface area contributed by atoms with Gasteiger partial charge in [-0.3, -0.25) is 9.69 Å². The van der Waals surface area contributed by atoms with Crippen molar-refractivity contribution in [1.29, 1.82) is 0 Å². The van der Waals surface area contributed by atoms with E-state index in [-0.39, 0.29) is 23.4 Å². The second-order valence-electron chi connectivity index (χ2n) is 6.47. The molecule has 0 fully saturated rings. The Morgan fingerprint density at radius 2 is 2.00 bits per heavy atom. The summed E-state index contributed by atoms with van der Waals surface area (Å²) in [6.45, 7) is 5.84. The van der Waals surface area contributed by atoms with Crippen molar-refractivity contribution in [2.75, 3.05) is 25.0 Å². The number of hydrogen-bond acceptors (Lipinski definition) is 5. The van der Waals surface area contributed by atoms with Gasteiger partial charge in [0.15, 0.2) is 0 Å². The predicted molar refractivity (Wildman–Crippen MR) is 103 cm³/mol. The van der Waals surface area contributed by atoms with Crippen LogP contribution in [-0.2, 0) is 21.2 Å². The Bertz CT molecular complexity index is 890. The van der Waals surface area contributed by atoms with E-state index >= 15 is 0 Å². The molecule has 0 spiro atoms. The van der Waals surface area contributed by atoms with Gasteiger partial charge in [-0.2, -0.15) is 0 Å². The first-order valence-electron chi connectivity index (χ1n) is 9.14. The molecule has 1 unspecified atom stereocenters. The monoisotopic (exact) mass is 391 g/mol. The number of sulfonamides is 1. The van der Waals surface area contributed by atoms with Crippen LogP contribution in [0.5, 0.6) is 0 Å². The molecular formula is C19H25N3O4S. The van der Waals surface area contributed by atoms with Crippen LogP contribution in [0.1, 0.15) is 37.6 Å². The van der Waals surface area contributed by atoms with Crippen LogP contribution in [0.4, 0.5) is 5.69 Å². The quantitative estimate of drug-likeness (QED) is 0.721. The first kappa shape index (κ1) is 19.6. The average Bonchev–Trinajstić information content (AvgIpc) is 3.19. The second kappa shape index (κ2) is 8.24. The van der Waals surface area contributed by atoms with Crippen molar-refractivity contribution in [3.8, 4) is 0 Å². The van der Waals surface area contributed by atoms with Gasteiger partial charge in [0.1, 0.15) is 5.76 Å². The highest BCUT2D eigenvalue weighted by Crippen LogP contribution is 2.26. The number of amides is 1.